The number of alkyl halides is 2. The molecule has 0 aliphatic carbocycles. The number of anilines is 2. The molecule has 164 valence electrons. The molecule has 7 nitrogen and oxygen atoms in total. The molecule has 3 heterocycles. The van der Waals surface area contributed by atoms with Crippen LogP contribution >= 0.6 is 0 Å². The van der Waals surface area contributed by atoms with Crippen LogP contribution in [-0.2, 0) is 17.2 Å². The number of aliphatic hydroxyl groups excluding tert-OH is 1. The lowest BCUT2D eigenvalue weighted by molar-refractivity contribution is -0.0583. The summed E-state index contributed by atoms with van der Waals surface area (Å²) >= 11 is 0. The molecular formula is C21H22F3N5O2. The Morgan fingerprint density at radius 1 is 1.23 bits per heavy atom. The van der Waals surface area contributed by atoms with Crippen molar-refractivity contribution in [2.75, 3.05) is 43.1 Å². The topological polar surface area (TPSA) is 83.4 Å². The van der Waals surface area contributed by atoms with E-state index in [2.05, 4.69) is 25.4 Å². The quantitative estimate of drug-likeness (QED) is 0.618. The molecule has 1 aromatic carbocycles. The molecule has 1 aliphatic heterocycles. The van der Waals surface area contributed by atoms with Crippen molar-refractivity contribution in [3.8, 4) is 0 Å². The van der Waals surface area contributed by atoms with Crippen molar-refractivity contribution < 1.29 is 23.0 Å². The van der Waals surface area contributed by atoms with Crippen LogP contribution in [0.3, 0.4) is 0 Å². The van der Waals surface area contributed by atoms with Gasteiger partial charge in [-0.05, 0) is 19.1 Å². The molecular weight excluding hydrogens is 411 g/mol. The van der Waals surface area contributed by atoms with E-state index in [-0.39, 0.29) is 12.1 Å². The van der Waals surface area contributed by atoms with Gasteiger partial charge in [0.15, 0.2) is 5.82 Å². The predicted octanol–water partition coefficient (Wildman–Crippen LogP) is 3.01. The van der Waals surface area contributed by atoms with E-state index in [0.717, 1.165) is 24.8 Å². The maximum Gasteiger partial charge on any atom is 0.298 e. The van der Waals surface area contributed by atoms with Crippen LogP contribution in [0.15, 0.2) is 30.5 Å². The van der Waals surface area contributed by atoms with Gasteiger partial charge in [0.05, 0.1) is 41.9 Å². The lowest BCUT2D eigenvalue weighted by Crippen LogP contribution is -2.36. The summed E-state index contributed by atoms with van der Waals surface area (Å²) in [7, 11) is 0. The fourth-order valence-corrected chi connectivity index (χ4v) is 3.54. The van der Waals surface area contributed by atoms with E-state index in [1.54, 1.807) is 13.1 Å². The molecule has 0 bridgehead atoms. The van der Waals surface area contributed by atoms with Crippen LogP contribution in [0.5, 0.6) is 0 Å². The van der Waals surface area contributed by atoms with Gasteiger partial charge in [-0.15, -0.1) is 5.10 Å². The first-order chi connectivity index (χ1) is 14.9. The first-order valence-corrected chi connectivity index (χ1v) is 9.87. The summed E-state index contributed by atoms with van der Waals surface area (Å²) < 4.78 is 47.7. The number of aromatic nitrogens is 3. The van der Waals surface area contributed by atoms with Gasteiger partial charge < -0.3 is 20.1 Å². The molecule has 2 N–H and O–H groups in total. The summed E-state index contributed by atoms with van der Waals surface area (Å²) in [4.78, 5) is 6.67. The van der Waals surface area contributed by atoms with Crippen LogP contribution in [0.1, 0.15) is 16.8 Å². The Labute approximate surface area is 176 Å². The molecule has 3 aromatic rings. The lowest BCUT2D eigenvalue weighted by atomic mass is 10.0. The summed E-state index contributed by atoms with van der Waals surface area (Å²) in [5, 5.41) is 20.8. The van der Waals surface area contributed by atoms with Crippen molar-refractivity contribution in [2.45, 2.75) is 19.4 Å². The van der Waals surface area contributed by atoms with Gasteiger partial charge in [0.2, 0.25) is 0 Å². The number of rotatable bonds is 6. The van der Waals surface area contributed by atoms with E-state index in [9.17, 15) is 13.2 Å². The summed E-state index contributed by atoms with van der Waals surface area (Å²) in [5.74, 6) is -4.35. The monoisotopic (exact) mass is 433 g/mol. The molecule has 0 spiro atoms. The minimum atomic E-state index is -3.66. The highest BCUT2D eigenvalue weighted by Gasteiger charge is 2.34. The average molecular weight is 433 g/mol. The molecule has 0 amide bonds. The molecule has 0 saturated carbocycles. The molecule has 2 aromatic heterocycles. The minimum Gasteiger partial charge on any atom is -0.390 e. The summed E-state index contributed by atoms with van der Waals surface area (Å²) in [6, 6.07) is 5.63. The summed E-state index contributed by atoms with van der Waals surface area (Å²) in [6.07, 6.45) is 1.77. The smallest absolute Gasteiger partial charge is 0.298 e. The molecule has 10 heteroatoms. The molecule has 0 radical (unpaired) electrons. The zero-order valence-corrected chi connectivity index (χ0v) is 16.9. The molecule has 31 heavy (non-hydrogen) atoms. The highest BCUT2D eigenvalue weighted by molar-refractivity contribution is 5.92. The van der Waals surface area contributed by atoms with E-state index >= 15 is 0 Å². The zero-order valence-electron chi connectivity index (χ0n) is 16.9. The van der Waals surface area contributed by atoms with Crippen LogP contribution < -0.4 is 10.2 Å². The van der Waals surface area contributed by atoms with Gasteiger partial charge in [-0.1, -0.05) is 12.1 Å². The third kappa shape index (κ3) is 4.26. The lowest BCUT2D eigenvalue weighted by Gasteiger charge is -2.28. The normalized spacial score (nSPS) is 14.8. The number of aliphatic hydroxyl groups is 1. The Morgan fingerprint density at radius 2 is 2.00 bits per heavy atom. The maximum absolute atomic E-state index is 14.6. The predicted molar refractivity (Wildman–Crippen MR) is 110 cm³/mol. The number of aryl methyl sites for hydroxylation is 1. The second kappa shape index (κ2) is 8.64. The zero-order chi connectivity index (χ0) is 22.0. The van der Waals surface area contributed by atoms with Gasteiger partial charge in [-0.3, -0.25) is 4.98 Å². The molecule has 1 aliphatic rings. The number of morpholine rings is 1. The Bertz CT molecular complexity index is 1090. The maximum atomic E-state index is 14.6. The molecule has 1 saturated heterocycles. The number of nitrogens with one attached hydrogen (secondary N) is 1. The van der Waals surface area contributed by atoms with Crippen molar-refractivity contribution >= 4 is 22.4 Å². The number of ether oxygens (including phenoxy) is 1. The molecule has 1 fully saturated rings. The molecule has 4 rings (SSSR count). The summed E-state index contributed by atoms with van der Waals surface area (Å²) in [6.45, 7) is 2.98. The Balaban J connectivity index is 1.64. The largest absolute Gasteiger partial charge is 0.390 e. The van der Waals surface area contributed by atoms with E-state index < -0.39 is 23.9 Å². The first-order valence-electron chi connectivity index (χ1n) is 9.87. The van der Waals surface area contributed by atoms with Gasteiger partial charge in [0.25, 0.3) is 5.92 Å². The minimum absolute atomic E-state index is 0.0263. The van der Waals surface area contributed by atoms with E-state index in [0.29, 0.717) is 35.6 Å². The standard InChI is InChI=1S/C21H22F3N5O2/c1-13-19-16(9-15(11-25-19)29-5-7-31-8-6-29)20(28-27-13)26-10-14-3-2-4-17(18(14)22)21(23,24)12-30/h2-4,9,11,30H,5-8,10,12H2,1H3,(H,26,28). The van der Waals surface area contributed by atoms with Crippen LogP contribution in [0.2, 0.25) is 0 Å². The van der Waals surface area contributed by atoms with Crippen molar-refractivity contribution in [1.82, 2.24) is 15.2 Å². The van der Waals surface area contributed by atoms with Crippen molar-refractivity contribution in [1.29, 1.82) is 0 Å². The van der Waals surface area contributed by atoms with Gasteiger partial charge in [0, 0.05) is 30.6 Å². The number of hydrogen-bond donors (Lipinski definition) is 2. The van der Waals surface area contributed by atoms with Gasteiger partial charge in [-0.2, -0.15) is 13.9 Å². The highest BCUT2D eigenvalue weighted by atomic mass is 19.3. The van der Waals surface area contributed by atoms with E-state index in [1.165, 1.54) is 12.1 Å². The first kappa shape index (κ1) is 21.3. The SMILES string of the molecule is Cc1nnc(NCc2cccc(C(F)(F)CO)c2F)c2cc(N3CCOCC3)cnc12. The number of halogens is 3. The number of nitrogens with zero attached hydrogens (tertiary/aromatic N) is 4. The van der Waals surface area contributed by atoms with Crippen LogP contribution in [0, 0.1) is 12.7 Å². The van der Waals surface area contributed by atoms with Crippen LogP contribution in [0.25, 0.3) is 10.9 Å². The van der Waals surface area contributed by atoms with Crippen molar-refractivity contribution in [3.63, 3.8) is 0 Å². The van der Waals surface area contributed by atoms with E-state index in [4.69, 9.17) is 9.84 Å². The number of pyridine rings is 1. The van der Waals surface area contributed by atoms with E-state index in [1.807, 2.05) is 6.07 Å². The van der Waals surface area contributed by atoms with Gasteiger partial charge >= 0.3 is 0 Å². The Hall–Kier alpha value is -2.98. The Kier molecular flexibility index (Phi) is 5.92. The number of hydrogen-bond acceptors (Lipinski definition) is 7. The number of fused-ring (bicyclic) bond motifs is 1. The fraction of sp³-hybridized carbons (Fsp3) is 0.381. The third-order valence-corrected chi connectivity index (χ3v) is 5.26. The van der Waals surface area contributed by atoms with Gasteiger partial charge in [0.1, 0.15) is 12.4 Å². The third-order valence-electron chi connectivity index (χ3n) is 5.26. The fourth-order valence-electron chi connectivity index (χ4n) is 3.54. The second-order valence-electron chi connectivity index (χ2n) is 7.32. The molecule has 0 unspecified atom stereocenters. The highest BCUT2D eigenvalue weighted by Crippen LogP contribution is 2.31. The molecule has 0 atom stereocenters. The van der Waals surface area contributed by atoms with Crippen molar-refractivity contribution in [2.24, 2.45) is 0 Å². The Morgan fingerprint density at radius 3 is 2.74 bits per heavy atom. The average Bonchev–Trinajstić information content (AvgIpc) is 2.79. The van der Waals surface area contributed by atoms with Crippen LogP contribution in [-0.4, -0.2) is 53.2 Å². The summed E-state index contributed by atoms with van der Waals surface area (Å²) in [5.41, 5.74) is 1.38. The van der Waals surface area contributed by atoms with Gasteiger partial charge in [-0.25, -0.2) is 4.39 Å². The van der Waals surface area contributed by atoms with Crippen LogP contribution in [0.4, 0.5) is 24.7 Å². The number of benzene rings is 1. The van der Waals surface area contributed by atoms with Crippen molar-refractivity contribution in [3.05, 3.63) is 53.1 Å². The second-order valence-corrected chi connectivity index (χ2v) is 7.32.